The Hall–Kier alpha value is -1.36. The van der Waals surface area contributed by atoms with Gasteiger partial charge >= 0.3 is 0 Å². The van der Waals surface area contributed by atoms with Gasteiger partial charge in [0.05, 0.1) is 18.6 Å². The highest BCUT2D eigenvalue weighted by atomic mass is 32.2. The fraction of sp³-hybridized carbons (Fsp3) is 0.417. The molecule has 0 saturated heterocycles. The Balaban J connectivity index is 2.86. The molecule has 0 N–H and O–H groups in total. The molecular formula is C12H16O4S. The van der Waals surface area contributed by atoms with Crippen molar-refractivity contribution < 1.29 is 17.9 Å². The molecule has 0 fully saturated rings. The molecule has 0 unspecified atom stereocenters. The molecule has 0 spiro atoms. The summed E-state index contributed by atoms with van der Waals surface area (Å²) in [4.78, 5) is 10.5. The third kappa shape index (κ3) is 4.19. The van der Waals surface area contributed by atoms with Gasteiger partial charge in [-0.3, -0.25) is 0 Å². The van der Waals surface area contributed by atoms with Crippen LogP contribution < -0.4 is 4.74 Å². The number of sulfone groups is 1. The molecule has 1 atom stereocenters. The molecule has 94 valence electrons. The van der Waals surface area contributed by atoms with Crippen LogP contribution in [0.3, 0.4) is 0 Å². The summed E-state index contributed by atoms with van der Waals surface area (Å²) in [5.74, 6) is -0.159. The summed E-state index contributed by atoms with van der Waals surface area (Å²) >= 11 is 0. The lowest BCUT2D eigenvalue weighted by molar-refractivity contribution is -0.110. The highest BCUT2D eigenvalue weighted by Crippen LogP contribution is 2.20. The molecule has 1 aromatic rings. The number of carbonyl (C=O) groups excluding carboxylic acids is 1. The van der Waals surface area contributed by atoms with E-state index in [1.165, 1.54) is 7.11 Å². The van der Waals surface area contributed by atoms with Crippen molar-refractivity contribution in [3.63, 3.8) is 0 Å². The zero-order valence-corrected chi connectivity index (χ0v) is 10.7. The summed E-state index contributed by atoms with van der Waals surface area (Å²) in [5, 5.41) is 0. The summed E-state index contributed by atoms with van der Waals surface area (Å²) in [5.41, 5.74) is 0.619. The summed E-state index contributed by atoms with van der Waals surface area (Å²) in [6, 6.07) is 6.97. The van der Waals surface area contributed by atoms with Gasteiger partial charge in [-0.15, -0.1) is 0 Å². The van der Waals surface area contributed by atoms with E-state index in [9.17, 15) is 13.2 Å². The second-order valence-electron chi connectivity index (χ2n) is 3.98. The Morgan fingerprint density at radius 1 is 1.35 bits per heavy atom. The summed E-state index contributed by atoms with van der Waals surface area (Å²) < 4.78 is 28.7. The number of hydrogen-bond donors (Lipinski definition) is 0. The predicted octanol–water partition coefficient (Wildman–Crippen LogP) is 1.45. The second kappa shape index (κ2) is 5.82. The maximum atomic E-state index is 11.8. The standard InChI is InChI=1S/C12H16O4S/c1-10(7-13)8-17(14,15)9-11-5-3-4-6-12(11)16-2/h3-7,10H,8-9H2,1-2H3/t10-/m1/s1. The number of ether oxygens (including phenoxy) is 1. The van der Waals surface area contributed by atoms with Gasteiger partial charge in [-0.25, -0.2) is 8.42 Å². The van der Waals surface area contributed by atoms with Crippen LogP contribution in [0.2, 0.25) is 0 Å². The fourth-order valence-corrected chi connectivity index (χ4v) is 3.27. The number of aldehydes is 1. The molecule has 0 aromatic heterocycles. The van der Waals surface area contributed by atoms with Gasteiger partial charge in [0.15, 0.2) is 9.84 Å². The average molecular weight is 256 g/mol. The van der Waals surface area contributed by atoms with Crippen molar-refractivity contribution in [1.82, 2.24) is 0 Å². The Morgan fingerprint density at radius 2 is 2.00 bits per heavy atom. The second-order valence-corrected chi connectivity index (χ2v) is 6.09. The summed E-state index contributed by atoms with van der Waals surface area (Å²) in [6.07, 6.45) is 0.653. The highest BCUT2D eigenvalue weighted by molar-refractivity contribution is 7.90. The van der Waals surface area contributed by atoms with E-state index in [1.807, 2.05) is 0 Å². The molecule has 0 aliphatic carbocycles. The van der Waals surface area contributed by atoms with Crippen molar-refractivity contribution in [3.8, 4) is 5.75 Å². The van der Waals surface area contributed by atoms with E-state index in [4.69, 9.17) is 4.74 Å². The zero-order valence-electron chi connectivity index (χ0n) is 9.92. The van der Waals surface area contributed by atoms with Gasteiger partial charge in [0, 0.05) is 11.5 Å². The molecule has 17 heavy (non-hydrogen) atoms. The van der Waals surface area contributed by atoms with Crippen LogP contribution in [0, 0.1) is 5.92 Å². The van der Waals surface area contributed by atoms with Crippen LogP contribution in [0.5, 0.6) is 5.75 Å². The molecule has 0 aliphatic heterocycles. The topological polar surface area (TPSA) is 60.4 Å². The van der Waals surface area contributed by atoms with Crippen LogP contribution in [0.4, 0.5) is 0 Å². The average Bonchev–Trinajstić information content (AvgIpc) is 2.28. The van der Waals surface area contributed by atoms with Gasteiger partial charge < -0.3 is 9.53 Å². The van der Waals surface area contributed by atoms with Gasteiger partial charge in [-0.05, 0) is 6.07 Å². The normalized spacial score (nSPS) is 13.1. The largest absolute Gasteiger partial charge is 0.496 e. The molecule has 1 rings (SSSR count). The number of carbonyl (C=O) groups is 1. The SMILES string of the molecule is COc1ccccc1CS(=O)(=O)C[C@H](C)C=O. The van der Waals surface area contributed by atoms with Gasteiger partial charge in [0.1, 0.15) is 12.0 Å². The summed E-state index contributed by atoms with van der Waals surface area (Å²) in [7, 11) is -1.79. The third-order valence-electron chi connectivity index (χ3n) is 2.32. The molecule has 0 radical (unpaired) electrons. The van der Waals surface area contributed by atoms with E-state index in [-0.39, 0.29) is 11.5 Å². The van der Waals surface area contributed by atoms with Crippen molar-refractivity contribution in [3.05, 3.63) is 29.8 Å². The third-order valence-corrected chi connectivity index (χ3v) is 4.10. The number of benzene rings is 1. The van der Waals surface area contributed by atoms with Crippen LogP contribution in [0.25, 0.3) is 0 Å². The minimum absolute atomic E-state index is 0.102. The highest BCUT2D eigenvalue weighted by Gasteiger charge is 2.18. The van der Waals surface area contributed by atoms with Crippen molar-refractivity contribution >= 4 is 16.1 Å². The van der Waals surface area contributed by atoms with E-state index in [2.05, 4.69) is 0 Å². The number of rotatable bonds is 6. The van der Waals surface area contributed by atoms with Gasteiger partial charge in [0.25, 0.3) is 0 Å². The van der Waals surface area contributed by atoms with E-state index >= 15 is 0 Å². The van der Waals surface area contributed by atoms with Crippen molar-refractivity contribution in [2.24, 2.45) is 5.92 Å². The number of hydrogen-bond acceptors (Lipinski definition) is 4. The Bertz CT molecular complexity index is 479. The van der Waals surface area contributed by atoms with Crippen LogP contribution in [-0.2, 0) is 20.4 Å². The fourth-order valence-electron chi connectivity index (χ4n) is 1.56. The molecule has 0 amide bonds. The van der Waals surface area contributed by atoms with Gasteiger partial charge in [-0.1, -0.05) is 25.1 Å². The monoisotopic (exact) mass is 256 g/mol. The smallest absolute Gasteiger partial charge is 0.155 e. The van der Waals surface area contributed by atoms with Crippen molar-refractivity contribution in [1.29, 1.82) is 0 Å². The van der Waals surface area contributed by atoms with Gasteiger partial charge in [0.2, 0.25) is 0 Å². The molecule has 4 nitrogen and oxygen atoms in total. The molecule has 0 aliphatic rings. The first-order valence-corrected chi connectivity index (χ1v) is 7.08. The van der Waals surface area contributed by atoms with Crippen LogP contribution in [-0.4, -0.2) is 27.6 Å². The first-order valence-electron chi connectivity index (χ1n) is 5.26. The Morgan fingerprint density at radius 3 is 2.59 bits per heavy atom. The lowest BCUT2D eigenvalue weighted by atomic mass is 10.2. The molecule has 0 heterocycles. The summed E-state index contributed by atoms with van der Waals surface area (Å²) in [6.45, 7) is 1.59. The predicted molar refractivity (Wildman–Crippen MR) is 65.7 cm³/mol. The van der Waals surface area contributed by atoms with E-state index in [0.29, 0.717) is 17.6 Å². The molecule has 0 saturated carbocycles. The van der Waals surface area contributed by atoms with Gasteiger partial charge in [-0.2, -0.15) is 0 Å². The van der Waals surface area contributed by atoms with Crippen molar-refractivity contribution in [2.75, 3.05) is 12.9 Å². The lowest BCUT2D eigenvalue weighted by Gasteiger charge is -2.09. The van der Waals surface area contributed by atoms with Crippen LogP contribution in [0.1, 0.15) is 12.5 Å². The van der Waals surface area contributed by atoms with E-state index in [1.54, 1.807) is 31.2 Å². The quantitative estimate of drug-likeness (QED) is 0.723. The molecule has 0 bridgehead atoms. The Kier molecular flexibility index (Phi) is 4.69. The maximum absolute atomic E-state index is 11.8. The maximum Gasteiger partial charge on any atom is 0.155 e. The number of methoxy groups -OCH3 is 1. The molecule has 1 aromatic carbocycles. The van der Waals surface area contributed by atoms with Crippen LogP contribution >= 0.6 is 0 Å². The molecule has 5 heteroatoms. The zero-order chi connectivity index (χ0) is 12.9. The minimum atomic E-state index is -3.29. The van der Waals surface area contributed by atoms with E-state index < -0.39 is 15.8 Å². The van der Waals surface area contributed by atoms with E-state index in [0.717, 1.165) is 0 Å². The minimum Gasteiger partial charge on any atom is -0.496 e. The molecular weight excluding hydrogens is 240 g/mol. The number of para-hydroxylation sites is 1. The van der Waals surface area contributed by atoms with Crippen molar-refractivity contribution in [2.45, 2.75) is 12.7 Å². The first-order chi connectivity index (χ1) is 7.98. The lowest BCUT2D eigenvalue weighted by Crippen LogP contribution is -2.16. The Labute approximate surface area is 102 Å². The first kappa shape index (κ1) is 13.7. The van der Waals surface area contributed by atoms with Crippen LogP contribution in [0.15, 0.2) is 24.3 Å².